The Hall–Kier alpha value is -3.23. The molecule has 1 aromatic carbocycles. The van der Waals surface area contributed by atoms with Crippen molar-refractivity contribution < 1.29 is 14.4 Å². The van der Waals surface area contributed by atoms with Crippen LogP contribution in [0.4, 0.5) is 4.79 Å². The minimum Gasteiger partial charge on any atom is -0.338 e. The second kappa shape index (κ2) is 12.7. The number of hydrogen-bond donors (Lipinski definition) is 3. The highest BCUT2D eigenvalue weighted by molar-refractivity contribution is 5.99. The normalized spacial score (nSPS) is 15.5. The van der Waals surface area contributed by atoms with Gasteiger partial charge in [0.15, 0.2) is 0 Å². The number of urea groups is 1. The number of fused-ring (bicyclic) bond motifs is 1. The molecular formula is C24H35N5O4. The molecule has 1 fully saturated rings. The van der Waals surface area contributed by atoms with Gasteiger partial charge in [0.1, 0.15) is 11.9 Å². The fourth-order valence-electron chi connectivity index (χ4n) is 3.76. The lowest BCUT2D eigenvalue weighted by atomic mass is 10.0. The fourth-order valence-corrected chi connectivity index (χ4v) is 3.76. The van der Waals surface area contributed by atoms with E-state index in [0.717, 1.165) is 31.2 Å². The van der Waals surface area contributed by atoms with Gasteiger partial charge in [-0.15, -0.1) is 0 Å². The molecule has 0 radical (unpaired) electrons. The average Bonchev–Trinajstić information content (AvgIpc) is 2.80. The topological polar surface area (TPSA) is 122 Å². The Morgan fingerprint density at radius 3 is 2.61 bits per heavy atom. The van der Waals surface area contributed by atoms with E-state index in [2.05, 4.69) is 27.9 Å². The van der Waals surface area contributed by atoms with Crippen LogP contribution in [0.1, 0.15) is 76.7 Å². The first-order valence-corrected chi connectivity index (χ1v) is 11.8. The summed E-state index contributed by atoms with van der Waals surface area (Å²) in [5, 5.41) is 8.28. The molecule has 1 aliphatic heterocycles. The van der Waals surface area contributed by atoms with E-state index in [0.29, 0.717) is 23.3 Å². The smallest absolute Gasteiger partial charge is 0.315 e. The number of unbranched alkanes of at least 4 members (excludes halogenated alkanes) is 3. The summed E-state index contributed by atoms with van der Waals surface area (Å²) in [6.07, 6.45) is 4.78. The third kappa shape index (κ3) is 6.87. The lowest BCUT2D eigenvalue weighted by molar-refractivity contribution is -0.135. The molecule has 0 bridgehead atoms. The Morgan fingerprint density at radius 1 is 1.15 bits per heavy atom. The van der Waals surface area contributed by atoms with Crippen LogP contribution in [0.25, 0.3) is 10.9 Å². The summed E-state index contributed by atoms with van der Waals surface area (Å²) in [6, 6.07) is 4.22. The van der Waals surface area contributed by atoms with E-state index < -0.39 is 11.9 Å². The average molecular weight is 458 g/mol. The van der Waals surface area contributed by atoms with Crippen molar-refractivity contribution in [3.63, 3.8) is 0 Å². The van der Waals surface area contributed by atoms with Crippen molar-refractivity contribution >= 4 is 28.7 Å². The van der Waals surface area contributed by atoms with Crippen molar-refractivity contribution in [1.29, 1.82) is 0 Å². The summed E-state index contributed by atoms with van der Waals surface area (Å²) in [6.45, 7) is 8.71. The number of carbonyl (C=O) groups is 3. The molecule has 0 saturated carbocycles. The van der Waals surface area contributed by atoms with E-state index in [1.54, 1.807) is 19.1 Å². The minimum atomic E-state index is -0.762. The van der Waals surface area contributed by atoms with Gasteiger partial charge in [-0.2, -0.15) is 0 Å². The molecular weight excluding hydrogens is 422 g/mol. The lowest BCUT2D eigenvalue weighted by Gasteiger charge is -2.24. The van der Waals surface area contributed by atoms with Gasteiger partial charge in [-0.25, -0.2) is 9.78 Å². The van der Waals surface area contributed by atoms with E-state index in [9.17, 15) is 19.2 Å². The van der Waals surface area contributed by atoms with Crippen molar-refractivity contribution in [2.24, 2.45) is 0 Å². The first kappa shape index (κ1) is 26.0. The number of carbonyl (C=O) groups excluding carboxylic acids is 3. The van der Waals surface area contributed by atoms with Crippen LogP contribution in [0.5, 0.6) is 0 Å². The number of nitrogens with zero attached hydrogens (tertiary/aromatic N) is 2. The molecule has 1 aromatic heterocycles. The van der Waals surface area contributed by atoms with Gasteiger partial charge in [-0.1, -0.05) is 46.1 Å². The molecule has 3 N–H and O–H groups in total. The molecule has 4 amide bonds. The van der Waals surface area contributed by atoms with Crippen LogP contribution in [0, 0.1) is 6.92 Å². The van der Waals surface area contributed by atoms with Gasteiger partial charge in [0.2, 0.25) is 11.8 Å². The van der Waals surface area contributed by atoms with Gasteiger partial charge in [-0.05, 0) is 37.5 Å². The highest BCUT2D eigenvalue weighted by Gasteiger charge is 2.30. The zero-order valence-electron chi connectivity index (χ0n) is 20.0. The second-order valence-corrected chi connectivity index (χ2v) is 7.82. The van der Waals surface area contributed by atoms with E-state index >= 15 is 0 Å². The van der Waals surface area contributed by atoms with Crippen molar-refractivity contribution in [3.8, 4) is 0 Å². The van der Waals surface area contributed by atoms with Crippen molar-refractivity contribution in [2.75, 3.05) is 6.54 Å². The molecule has 2 aromatic rings. The third-order valence-corrected chi connectivity index (χ3v) is 5.43. The summed E-state index contributed by atoms with van der Waals surface area (Å²) in [5.74, 6) is -0.408. The van der Waals surface area contributed by atoms with Crippen LogP contribution in [-0.2, 0) is 16.1 Å². The van der Waals surface area contributed by atoms with E-state index in [1.807, 2.05) is 19.9 Å². The number of aromatic nitrogens is 2. The van der Waals surface area contributed by atoms with Gasteiger partial charge in [0, 0.05) is 19.5 Å². The zero-order valence-corrected chi connectivity index (χ0v) is 20.0. The molecule has 0 spiro atoms. The first-order chi connectivity index (χ1) is 15.9. The van der Waals surface area contributed by atoms with E-state index in [4.69, 9.17) is 0 Å². The van der Waals surface area contributed by atoms with Crippen molar-refractivity contribution in [2.45, 2.75) is 78.8 Å². The molecule has 9 heteroatoms. The predicted molar refractivity (Wildman–Crippen MR) is 128 cm³/mol. The third-order valence-electron chi connectivity index (χ3n) is 5.43. The SMILES string of the molecule is CC.CCCCCCNC(=O)NCc1ccc2nc(C)n([C@@H]3CCC(=O)NC3=O)c(=O)c2c1. The maximum atomic E-state index is 13.2. The first-order valence-electron chi connectivity index (χ1n) is 11.8. The Bertz CT molecular complexity index is 1050. The quantitative estimate of drug-likeness (QED) is 0.415. The molecule has 33 heavy (non-hydrogen) atoms. The standard InChI is InChI=1S/C22H29N5O4.C2H6/c1-3-4-5-6-11-23-22(31)24-13-15-7-8-17-16(12-15)21(30)27(14(2)25-17)18-9-10-19(28)26-20(18)29;1-2/h7-8,12,18H,3-6,9-11,13H2,1-2H3,(H2,23,24,31)(H,26,28,29);1-2H3/t18-;/m1./s1. The number of aryl methyl sites for hydroxylation is 1. The van der Waals surface area contributed by atoms with Gasteiger partial charge >= 0.3 is 6.03 Å². The molecule has 1 atom stereocenters. The number of piperidine rings is 1. The highest BCUT2D eigenvalue weighted by atomic mass is 16.2. The van der Waals surface area contributed by atoms with Crippen LogP contribution >= 0.6 is 0 Å². The Morgan fingerprint density at radius 2 is 1.91 bits per heavy atom. The molecule has 180 valence electrons. The number of imide groups is 1. The summed E-state index contributed by atoms with van der Waals surface area (Å²) < 4.78 is 1.35. The Labute approximate surface area is 194 Å². The van der Waals surface area contributed by atoms with E-state index in [1.165, 1.54) is 4.57 Å². The maximum absolute atomic E-state index is 13.2. The van der Waals surface area contributed by atoms with Gasteiger partial charge in [0.25, 0.3) is 5.56 Å². The van der Waals surface area contributed by atoms with Gasteiger partial charge in [0.05, 0.1) is 10.9 Å². The lowest BCUT2D eigenvalue weighted by Crippen LogP contribution is -2.45. The van der Waals surface area contributed by atoms with Crippen LogP contribution in [0.3, 0.4) is 0 Å². The number of amides is 4. The van der Waals surface area contributed by atoms with Gasteiger partial charge < -0.3 is 10.6 Å². The monoisotopic (exact) mass is 457 g/mol. The molecule has 1 aliphatic rings. The molecule has 3 rings (SSSR count). The number of hydrogen-bond acceptors (Lipinski definition) is 5. The minimum absolute atomic E-state index is 0.178. The maximum Gasteiger partial charge on any atom is 0.315 e. The Kier molecular flexibility index (Phi) is 10.0. The van der Waals surface area contributed by atoms with E-state index in [-0.39, 0.29) is 36.9 Å². The fraction of sp³-hybridized carbons (Fsp3) is 0.542. The summed E-state index contributed by atoms with van der Waals surface area (Å²) in [4.78, 5) is 53.3. The molecule has 0 aliphatic carbocycles. The molecule has 9 nitrogen and oxygen atoms in total. The highest BCUT2D eigenvalue weighted by Crippen LogP contribution is 2.20. The molecule has 1 saturated heterocycles. The summed E-state index contributed by atoms with van der Waals surface area (Å²) in [7, 11) is 0. The second-order valence-electron chi connectivity index (χ2n) is 7.82. The Balaban J connectivity index is 0.00000187. The van der Waals surface area contributed by atoms with Crippen LogP contribution in [0.2, 0.25) is 0 Å². The number of benzene rings is 1. The molecule has 2 heterocycles. The summed E-state index contributed by atoms with van der Waals surface area (Å²) in [5.41, 5.74) is 0.945. The van der Waals surface area contributed by atoms with Crippen molar-refractivity contribution in [1.82, 2.24) is 25.5 Å². The molecule has 0 unspecified atom stereocenters. The largest absolute Gasteiger partial charge is 0.338 e. The van der Waals surface area contributed by atoms with Gasteiger partial charge in [-0.3, -0.25) is 24.3 Å². The predicted octanol–water partition coefficient (Wildman–Crippen LogP) is 3.09. The van der Waals surface area contributed by atoms with Crippen LogP contribution < -0.4 is 21.5 Å². The van der Waals surface area contributed by atoms with Crippen molar-refractivity contribution in [3.05, 3.63) is 39.9 Å². The van der Waals surface area contributed by atoms with Crippen LogP contribution in [-0.4, -0.2) is 33.9 Å². The zero-order chi connectivity index (χ0) is 24.4. The summed E-state index contributed by atoms with van der Waals surface area (Å²) >= 11 is 0. The number of nitrogens with one attached hydrogen (secondary N) is 3. The van der Waals surface area contributed by atoms with Crippen LogP contribution in [0.15, 0.2) is 23.0 Å². The number of rotatable bonds is 8.